The Balaban J connectivity index is 1.58. The predicted octanol–water partition coefficient (Wildman–Crippen LogP) is 4.78. The normalized spacial score (nSPS) is 15.1. The van der Waals surface area contributed by atoms with E-state index >= 15 is 0 Å². The fraction of sp³-hybridized carbons (Fsp3) is 0.409. The summed E-state index contributed by atoms with van der Waals surface area (Å²) in [6.45, 7) is 6.99. The van der Waals surface area contributed by atoms with E-state index in [1.54, 1.807) is 0 Å². The molecule has 0 aliphatic carbocycles. The lowest BCUT2D eigenvalue weighted by atomic mass is 10.1. The van der Waals surface area contributed by atoms with E-state index in [-0.39, 0.29) is 11.0 Å². The van der Waals surface area contributed by atoms with E-state index < -0.39 is 0 Å². The number of aryl methyl sites for hydroxylation is 2. The summed E-state index contributed by atoms with van der Waals surface area (Å²) in [4.78, 5) is 13.2. The number of hydrogen-bond acceptors (Lipinski definition) is 4. The second-order valence-electron chi connectivity index (χ2n) is 7.44. The quantitative estimate of drug-likeness (QED) is 0.462. The van der Waals surface area contributed by atoms with Gasteiger partial charge in [-0.25, -0.2) is 0 Å². The van der Waals surface area contributed by atoms with Crippen LogP contribution in [0.2, 0.25) is 0 Å². The zero-order chi connectivity index (χ0) is 19.7. The third-order valence-electron chi connectivity index (χ3n) is 5.44. The van der Waals surface area contributed by atoms with Crippen LogP contribution >= 0.6 is 11.8 Å². The van der Waals surface area contributed by atoms with Crippen LogP contribution in [0.1, 0.15) is 53.8 Å². The number of benzene rings is 1. The van der Waals surface area contributed by atoms with Crippen molar-refractivity contribution in [3.8, 4) is 5.69 Å². The Labute approximate surface area is 170 Å². The van der Waals surface area contributed by atoms with E-state index in [9.17, 15) is 4.79 Å². The minimum absolute atomic E-state index is 0.145. The molecule has 0 N–H and O–H groups in total. The number of carbonyl (C=O) groups excluding carboxylic acids is 1. The molecule has 0 fully saturated rings. The van der Waals surface area contributed by atoms with Crippen molar-refractivity contribution >= 4 is 17.5 Å². The van der Waals surface area contributed by atoms with Crippen LogP contribution in [0.4, 0.5) is 0 Å². The molecule has 1 aliphatic rings. The monoisotopic (exact) mass is 394 g/mol. The van der Waals surface area contributed by atoms with Gasteiger partial charge in [-0.15, -0.1) is 10.2 Å². The van der Waals surface area contributed by atoms with E-state index in [0.717, 1.165) is 53.0 Å². The van der Waals surface area contributed by atoms with Gasteiger partial charge in [-0.3, -0.25) is 4.79 Å². The smallest absolute Gasteiger partial charge is 0.191 e. The average molecular weight is 395 g/mol. The van der Waals surface area contributed by atoms with E-state index in [4.69, 9.17) is 0 Å². The largest absolute Gasteiger partial charge is 0.318 e. The van der Waals surface area contributed by atoms with Crippen LogP contribution in [-0.4, -0.2) is 30.4 Å². The Morgan fingerprint density at radius 3 is 2.68 bits per heavy atom. The van der Waals surface area contributed by atoms with Gasteiger partial charge in [0, 0.05) is 35.6 Å². The number of carbonyl (C=O) groups is 1. The minimum Gasteiger partial charge on any atom is -0.318 e. The Bertz CT molecular complexity index is 990. The molecule has 1 aliphatic heterocycles. The maximum atomic E-state index is 13.2. The van der Waals surface area contributed by atoms with Crippen molar-refractivity contribution in [2.75, 3.05) is 0 Å². The summed E-state index contributed by atoms with van der Waals surface area (Å²) in [7, 11) is 0. The number of fused-ring (bicyclic) bond motifs is 1. The molecule has 1 aromatic carbocycles. The molecule has 0 spiro atoms. The lowest BCUT2D eigenvalue weighted by Gasteiger charge is -2.12. The highest BCUT2D eigenvalue weighted by Gasteiger charge is 2.25. The summed E-state index contributed by atoms with van der Waals surface area (Å²) in [5, 5.41) is 9.38. The van der Waals surface area contributed by atoms with Crippen LogP contribution in [0.25, 0.3) is 5.69 Å². The SMILES string of the molecule is Cc1cc(C(=O)[C@@H](C)Sc2nnc3n2CCCCC3)c(C)n1-c1ccccc1. The minimum atomic E-state index is -0.207. The lowest BCUT2D eigenvalue weighted by molar-refractivity contribution is 0.0993. The fourth-order valence-corrected chi connectivity index (χ4v) is 4.92. The van der Waals surface area contributed by atoms with E-state index in [2.05, 4.69) is 31.5 Å². The second kappa shape index (κ2) is 7.95. The van der Waals surface area contributed by atoms with Gasteiger partial charge >= 0.3 is 0 Å². The Morgan fingerprint density at radius 1 is 1.11 bits per heavy atom. The second-order valence-corrected chi connectivity index (χ2v) is 8.75. The van der Waals surface area contributed by atoms with Gasteiger partial charge in [0.2, 0.25) is 0 Å². The highest BCUT2D eigenvalue weighted by atomic mass is 32.2. The Morgan fingerprint density at radius 2 is 1.89 bits per heavy atom. The van der Waals surface area contributed by atoms with Crippen LogP contribution in [0.3, 0.4) is 0 Å². The number of aromatic nitrogens is 4. The molecule has 0 radical (unpaired) electrons. The van der Waals surface area contributed by atoms with Gasteiger partial charge in [0.15, 0.2) is 10.9 Å². The Kier molecular flexibility index (Phi) is 5.40. The number of ketones is 1. The highest BCUT2D eigenvalue weighted by Crippen LogP contribution is 2.29. The molecule has 28 heavy (non-hydrogen) atoms. The van der Waals surface area contributed by atoms with Gasteiger partial charge in [-0.05, 0) is 51.8 Å². The average Bonchev–Trinajstić information content (AvgIpc) is 3.10. The molecular formula is C22H26N4OS. The number of thioether (sulfide) groups is 1. The summed E-state index contributed by atoms with van der Waals surface area (Å²) in [5.41, 5.74) is 3.93. The standard InChI is InChI=1S/C22H26N4OS/c1-15-14-19(16(2)26(15)18-10-6-4-7-11-18)21(27)17(3)28-22-24-23-20-12-8-5-9-13-25(20)22/h4,6-7,10-11,14,17H,5,8-9,12-13H2,1-3H3/t17-/m1/s1. The number of Topliss-reactive ketones (excluding diaryl/α,β-unsaturated/α-hetero) is 1. The van der Waals surface area contributed by atoms with Gasteiger partial charge in [-0.1, -0.05) is 36.4 Å². The number of nitrogens with zero attached hydrogens (tertiary/aromatic N) is 4. The van der Waals surface area contributed by atoms with Crippen LogP contribution in [0.15, 0.2) is 41.6 Å². The third-order valence-corrected chi connectivity index (χ3v) is 6.52. The maximum absolute atomic E-state index is 13.2. The first kappa shape index (κ1) is 19.0. The van der Waals surface area contributed by atoms with E-state index in [0.29, 0.717) is 0 Å². The third kappa shape index (κ3) is 3.53. The zero-order valence-electron chi connectivity index (χ0n) is 16.7. The maximum Gasteiger partial charge on any atom is 0.191 e. The molecule has 4 rings (SSSR count). The number of para-hydroxylation sites is 1. The van der Waals surface area contributed by atoms with Crippen molar-refractivity contribution in [2.45, 2.75) is 63.4 Å². The van der Waals surface area contributed by atoms with Crippen LogP contribution in [0, 0.1) is 13.8 Å². The van der Waals surface area contributed by atoms with Gasteiger partial charge in [0.25, 0.3) is 0 Å². The van der Waals surface area contributed by atoms with Crippen molar-refractivity contribution < 1.29 is 4.79 Å². The lowest BCUT2D eigenvalue weighted by Crippen LogP contribution is -2.16. The first-order chi connectivity index (χ1) is 13.6. The molecular weight excluding hydrogens is 368 g/mol. The molecule has 0 bridgehead atoms. The molecule has 3 heterocycles. The summed E-state index contributed by atoms with van der Waals surface area (Å²) in [6, 6.07) is 12.2. The van der Waals surface area contributed by atoms with Crippen molar-refractivity contribution in [3.63, 3.8) is 0 Å². The fourth-order valence-electron chi connectivity index (χ4n) is 3.96. The summed E-state index contributed by atoms with van der Waals surface area (Å²) < 4.78 is 4.35. The van der Waals surface area contributed by atoms with Crippen molar-refractivity contribution in [1.29, 1.82) is 0 Å². The van der Waals surface area contributed by atoms with Gasteiger partial charge in [0.1, 0.15) is 5.82 Å². The predicted molar refractivity (Wildman–Crippen MR) is 112 cm³/mol. The van der Waals surface area contributed by atoms with Gasteiger partial charge < -0.3 is 9.13 Å². The summed E-state index contributed by atoms with van der Waals surface area (Å²) in [5.74, 6) is 1.20. The molecule has 1 atom stereocenters. The first-order valence-corrected chi connectivity index (χ1v) is 10.8. The highest BCUT2D eigenvalue weighted by molar-refractivity contribution is 8.00. The number of rotatable bonds is 5. The number of hydrogen-bond donors (Lipinski definition) is 0. The van der Waals surface area contributed by atoms with Crippen molar-refractivity contribution in [2.24, 2.45) is 0 Å². The van der Waals surface area contributed by atoms with Crippen LogP contribution in [-0.2, 0) is 13.0 Å². The molecule has 0 saturated carbocycles. The Hall–Kier alpha value is -2.34. The van der Waals surface area contributed by atoms with Gasteiger partial charge in [-0.2, -0.15) is 0 Å². The van der Waals surface area contributed by atoms with Crippen LogP contribution in [0.5, 0.6) is 0 Å². The molecule has 146 valence electrons. The molecule has 6 heteroatoms. The summed E-state index contributed by atoms with van der Waals surface area (Å²) in [6.07, 6.45) is 4.53. The molecule has 0 unspecified atom stereocenters. The first-order valence-electron chi connectivity index (χ1n) is 9.93. The summed E-state index contributed by atoms with van der Waals surface area (Å²) >= 11 is 1.53. The van der Waals surface area contributed by atoms with Crippen molar-refractivity contribution in [1.82, 2.24) is 19.3 Å². The van der Waals surface area contributed by atoms with Gasteiger partial charge in [0.05, 0.1) is 5.25 Å². The van der Waals surface area contributed by atoms with E-state index in [1.165, 1.54) is 24.6 Å². The van der Waals surface area contributed by atoms with E-state index in [1.807, 2.05) is 45.0 Å². The van der Waals surface area contributed by atoms with Crippen molar-refractivity contribution in [3.05, 3.63) is 59.2 Å². The molecule has 0 saturated heterocycles. The topological polar surface area (TPSA) is 52.7 Å². The molecule has 3 aromatic rings. The molecule has 5 nitrogen and oxygen atoms in total. The molecule has 0 amide bonds. The molecule has 2 aromatic heterocycles. The zero-order valence-corrected chi connectivity index (χ0v) is 17.5. The van der Waals surface area contributed by atoms with Crippen LogP contribution < -0.4 is 0 Å².